The second kappa shape index (κ2) is 6.49. The van der Waals surface area contributed by atoms with Gasteiger partial charge < -0.3 is 4.98 Å². The number of imidazole rings is 1. The minimum Gasteiger partial charge on any atom is -0.306 e. The number of para-hydroxylation sites is 2. The van der Waals surface area contributed by atoms with Gasteiger partial charge >= 0.3 is 5.69 Å². The molecule has 0 saturated heterocycles. The lowest BCUT2D eigenvalue weighted by Gasteiger charge is -2.05. The largest absolute Gasteiger partial charge is 0.326 e. The lowest BCUT2D eigenvalue weighted by atomic mass is 10.2. The van der Waals surface area contributed by atoms with Crippen molar-refractivity contribution in [3.8, 4) is 0 Å². The van der Waals surface area contributed by atoms with E-state index in [1.54, 1.807) is 22.5 Å². The van der Waals surface area contributed by atoms with E-state index in [1.807, 2.05) is 42.5 Å². The molecule has 0 saturated carbocycles. The molecule has 0 bridgehead atoms. The maximum absolute atomic E-state index is 12.1. The fourth-order valence-corrected chi connectivity index (χ4v) is 3.74. The van der Waals surface area contributed by atoms with Gasteiger partial charge in [-0.25, -0.2) is 4.79 Å². The van der Waals surface area contributed by atoms with Crippen molar-refractivity contribution >= 4 is 33.6 Å². The summed E-state index contributed by atoms with van der Waals surface area (Å²) in [6.45, 7) is 0.689. The zero-order valence-electron chi connectivity index (χ0n) is 13.0. The SMILES string of the molecule is O=c1[nH]c2ccccc2n1CCCSc1nncc2ccccc12. The minimum absolute atomic E-state index is 0.0499. The number of hydrogen-bond donors (Lipinski definition) is 1. The first-order chi connectivity index (χ1) is 11.8. The van der Waals surface area contributed by atoms with Crippen LogP contribution in [0.25, 0.3) is 21.8 Å². The van der Waals surface area contributed by atoms with Gasteiger partial charge in [0.1, 0.15) is 5.03 Å². The number of fused-ring (bicyclic) bond motifs is 2. The zero-order valence-corrected chi connectivity index (χ0v) is 13.8. The molecule has 0 radical (unpaired) electrons. The maximum Gasteiger partial charge on any atom is 0.326 e. The molecule has 0 amide bonds. The van der Waals surface area contributed by atoms with E-state index in [0.29, 0.717) is 6.54 Å². The highest BCUT2D eigenvalue weighted by atomic mass is 32.2. The molecule has 4 rings (SSSR count). The minimum atomic E-state index is -0.0499. The molecule has 2 heterocycles. The number of nitrogens with one attached hydrogen (secondary N) is 1. The standard InChI is InChI=1S/C18H16N4OS/c23-18-20-15-8-3-4-9-16(15)22(18)10-5-11-24-17-14-7-2-1-6-13(14)12-19-21-17/h1-4,6-9,12H,5,10-11H2,(H,20,23). The first-order valence-corrected chi connectivity index (χ1v) is 8.82. The molecule has 0 unspecified atom stereocenters. The van der Waals surface area contributed by atoms with E-state index in [-0.39, 0.29) is 5.69 Å². The summed E-state index contributed by atoms with van der Waals surface area (Å²) in [7, 11) is 0. The molecule has 0 atom stereocenters. The van der Waals surface area contributed by atoms with E-state index in [4.69, 9.17) is 0 Å². The van der Waals surface area contributed by atoms with Gasteiger partial charge in [-0.1, -0.05) is 36.4 Å². The van der Waals surface area contributed by atoms with Crippen LogP contribution in [-0.2, 0) is 6.54 Å². The molecule has 5 nitrogen and oxygen atoms in total. The van der Waals surface area contributed by atoms with Crippen molar-refractivity contribution < 1.29 is 0 Å². The summed E-state index contributed by atoms with van der Waals surface area (Å²) in [4.78, 5) is 14.9. The molecule has 120 valence electrons. The number of rotatable bonds is 5. The Hall–Kier alpha value is -2.60. The van der Waals surface area contributed by atoms with Crippen molar-refractivity contribution in [1.82, 2.24) is 19.7 Å². The Balaban J connectivity index is 1.46. The Bertz CT molecular complexity index is 1050. The van der Waals surface area contributed by atoms with Crippen LogP contribution in [0.1, 0.15) is 6.42 Å². The third kappa shape index (κ3) is 2.80. The molecule has 2 aromatic heterocycles. The monoisotopic (exact) mass is 336 g/mol. The maximum atomic E-state index is 12.1. The van der Waals surface area contributed by atoms with Crippen LogP contribution in [0.4, 0.5) is 0 Å². The predicted octanol–water partition coefficient (Wildman–Crippen LogP) is 3.46. The van der Waals surface area contributed by atoms with Crippen LogP contribution in [0.15, 0.2) is 64.5 Å². The Kier molecular flexibility index (Phi) is 4.04. The van der Waals surface area contributed by atoms with Gasteiger partial charge in [0, 0.05) is 23.1 Å². The van der Waals surface area contributed by atoms with Crippen LogP contribution in [-0.4, -0.2) is 25.5 Å². The number of benzene rings is 2. The highest BCUT2D eigenvalue weighted by Crippen LogP contribution is 2.25. The summed E-state index contributed by atoms with van der Waals surface area (Å²) in [5.41, 5.74) is 1.79. The summed E-state index contributed by atoms with van der Waals surface area (Å²) in [5.74, 6) is 0.884. The van der Waals surface area contributed by atoms with E-state index in [9.17, 15) is 4.79 Å². The normalized spacial score (nSPS) is 11.3. The zero-order chi connectivity index (χ0) is 16.4. The second-order valence-corrected chi connectivity index (χ2v) is 6.62. The van der Waals surface area contributed by atoms with Gasteiger partial charge in [-0.05, 0) is 18.6 Å². The summed E-state index contributed by atoms with van der Waals surface area (Å²) in [6, 6.07) is 15.9. The van der Waals surface area contributed by atoms with Crippen LogP contribution in [0, 0.1) is 0 Å². The van der Waals surface area contributed by atoms with Gasteiger partial charge in [-0.15, -0.1) is 16.9 Å². The molecule has 6 heteroatoms. The van der Waals surface area contributed by atoms with Gasteiger partial charge in [0.25, 0.3) is 0 Å². The first kappa shape index (κ1) is 15.0. The van der Waals surface area contributed by atoms with Crippen LogP contribution in [0.2, 0.25) is 0 Å². The third-order valence-corrected chi connectivity index (χ3v) is 5.05. The highest BCUT2D eigenvalue weighted by Gasteiger charge is 2.07. The van der Waals surface area contributed by atoms with Crippen molar-refractivity contribution in [2.24, 2.45) is 0 Å². The quantitative estimate of drug-likeness (QED) is 0.448. The van der Waals surface area contributed by atoms with E-state index >= 15 is 0 Å². The van der Waals surface area contributed by atoms with E-state index < -0.39 is 0 Å². The van der Waals surface area contributed by atoms with Gasteiger partial charge in [-0.3, -0.25) is 4.57 Å². The fraction of sp³-hybridized carbons (Fsp3) is 0.167. The topological polar surface area (TPSA) is 63.6 Å². The van der Waals surface area contributed by atoms with Crippen molar-refractivity contribution in [2.45, 2.75) is 18.0 Å². The smallest absolute Gasteiger partial charge is 0.306 e. The van der Waals surface area contributed by atoms with Crippen LogP contribution < -0.4 is 5.69 Å². The number of aromatic amines is 1. The molecule has 0 aliphatic carbocycles. The van der Waals surface area contributed by atoms with E-state index in [1.165, 1.54) is 0 Å². The van der Waals surface area contributed by atoms with Gasteiger partial charge in [0.05, 0.1) is 17.2 Å². The van der Waals surface area contributed by atoms with E-state index in [0.717, 1.165) is 39.0 Å². The summed E-state index contributed by atoms with van der Waals surface area (Å²) in [6.07, 6.45) is 2.67. The number of hydrogen-bond acceptors (Lipinski definition) is 4. The summed E-state index contributed by atoms with van der Waals surface area (Å²) in [5, 5.41) is 11.5. The number of aromatic nitrogens is 4. The Morgan fingerprint density at radius 2 is 1.92 bits per heavy atom. The number of nitrogens with zero attached hydrogens (tertiary/aromatic N) is 3. The molecule has 0 spiro atoms. The van der Waals surface area contributed by atoms with Gasteiger partial charge in [-0.2, -0.15) is 5.10 Å². The van der Waals surface area contributed by atoms with Gasteiger partial charge in [0.15, 0.2) is 0 Å². The van der Waals surface area contributed by atoms with E-state index in [2.05, 4.69) is 21.2 Å². The lowest BCUT2D eigenvalue weighted by molar-refractivity contribution is 0.679. The molecule has 0 aliphatic heterocycles. The highest BCUT2D eigenvalue weighted by molar-refractivity contribution is 7.99. The molecule has 4 aromatic rings. The molecule has 24 heavy (non-hydrogen) atoms. The molecule has 0 aliphatic rings. The number of thioether (sulfide) groups is 1. The molecule has 0 fully saturated rings. The van der Waals surface area contributed by atoms with Crippen molar-refractivity contribution in [3.05, 3.63) is 65.2 Å². The van der Waals surface area contributed by atoms with Crippen molar-refractivity contribution in [2.75, 3.05) is 5.75 Å². The molecular formula is C18H16N4OS. The number of aryl methyl sites for hydroxylation is 1. The number of H-pyrrole nitrogens is 1. The Morgan fingerprint density at radius 3 is 2.88 bits per heavy atom. The fourth-order valence-electron chi connectivity index (χ4n) is 2.83. The summed E-state index contributed by atoms with van der Waals surface area (Å²) >= 11 is 1.68. The van der Waals surface area contributed by atoms with Crippen LogP contribution in [0.3, 0.4) is 0 Å². The first-order valence-electron chi connectivity index (χ1n) is 7.84. The van der Waals surface area contributed by atoms with Crippen molar-refractivity contribution in [1.29, 1.82) is 0 Å². The lowest BCUT2D eigenvalue weighted by Crippen LogP contribution is -2.17. The van der Waals surface area contributed by atoms with Crippen LogP contribution >= 0.6 is 11.8 Å². The van der Waals surface area contributed by atoms with Gasteiger partial charge in [0.2, 0.25) is 0 Å². The second-order valence-electron chi connectivity index (χ2n) is 5.54. The molecular weight excluding hydrogens is 320 g/mol. The predicted molar refractivity (Wildman–Crippen MR) is 97.4 cm³/mol. The van der Waals surface area contributed by atoms with Crippen molar-refractivity contribution in [3.63, 3.8) is 0 Å². The third-order valence-electron chi connectivity index (χ3n) is 3.98. The average Bonchev–Trinajstić information content (AvgIpc) is 2.94. The average molecular weight is 336 g/mol. The Morgan fingerprint density at radius 1 is 1.08 bits per heavy atom. The summed E-state index contributed by atoms with van der Waals surface area (Å²) < 4.78 is 1.80. The Labute approximate surface area is 142 Å². The molecule has 1 N–H and O–H groups in total. The van der Waals surface area contributed by atoms with Crippen LogP contribution in [0.5, 0.6) is 0 Å². The molecule has 2 aromatic carbocycles.